The van der Waals surface area contributed by atoms with Crippen LogP contribution < -0.4 is 5.32 Å². The fraction of sp³-hybridized carbons (Fsp3) is 0.423. The molecule has 0 saturated heterocycles. The molecule has 2 amide bonds. The smallest absolute Gasteiger partial charge is 0.341 e. The molecule has 2 aromatic heterocycles. The van der Waals surface area contributed by atoms with Gasteiger partial charge >= 0.3 is 5.97 Å². The first-order chi connectivity index (χ1) is 17.4. The number of nitrogens with one attached hydrogen (secondary N) is 1. The van der Waals surface area contributed by atoms with Gasteiger partial charge < -0.3 is 19.5 Å². The van der Waals surface area contributed by atoms with Crippen LogP contribution >= 0.6 is 23.1 Å². The summed E-state index contributed by atoms with van der Waals surface area (Å²) in [6, 6.07) is 8.28. The summed E-state index contributed by atoms with van der Waals surface area (Å²) in [6.07, 6.45) is 0. The van der Waals surface area contributed by atoms with Crippen molar-refractivity contribution in [3.05, 3.63) is 45.8 Å². The Labute approximate surface area is 225 Å². The zero-order valence-electron chi connectivity index (χ0n) is 22.5. The molecule has 11 heteroatoms. The number of carbonyl (C=O) groups is 3. The number of thiophene rings is 1. The Kier molecular flexibility index (Phi) is 8.80. The Morgan fingerprint density at radius 1 is 1.14 bits per heavy atom. The molecule has 0 aliphatic carbocycles. The summed E-state index contributed by atoms with van der Waals surface area (Å²) in [4.78, 5) is 39.6. The van der Waals surface area contributed by atoms with E-state index >= 15 is 0 Å². The molecule has 0 aliphatic heterocycles. The highest BCUT2D eigenvalue weighted by molar-refractivity contribution is 7.99. The number of nitrogens with zero attached hydrogens (tertiary/aromatic N) is 4. The van der Waals surface area contributed by atoms with Crippen molar-refractivity contribution in [2.24, 2.45) is 0 Å². The van der Waals surface area contributed by atoms with E-state index in [2.05, 4.69) is 48.4 Å². The Hall–Kier alpha value is -3.18. The van der Waals surface area contributed by atoms with Gasteiger partial charge in [0.15, 0.2) is 11.0 Å². The largest absolute Gasteiger partial charge is 0.465 e. The van der Waals surface area contributed by atoms with E-state index in [1.165, 1.54) is 29.3 Å². The van der Waals surface area contributed by atoms with Crippen LogP contribution in [0.3, 0.4) is 0 Å². The van der Waals surface area contributed by atoms with Gasteiger partial charge in [-0.3, -0.25) is 9.59 Å². The van der Waals surface area contributed by atoms with Gasteiger partial charge in [-0.15, -0.1) is 21.5 Å². The number of rotatable bonds is 8. The summed E-state index contributed by atoms with van der Waals surface area (Å²) < 4.78 is 6.85. The van der Waals surface area contributed by atoms with Crippen LogP contribution in [0, 0.1) is 6.92 Å². The number of benzene rings is 1. The number of ether oxygens (including phenoxy) is 1. The molecule has 2 heterocycles. The summed E-state index contributed by atoms with van der Waals surface area (Å²) in [5.74, 6) is -0.402. The Balaban J connectivity index is 1.78. The van der Waals surface area contributed by atoms with Crippen LogP contribution in [0.5, 0.6) is 0 Å². The van der Waals surface area contributed by atoms with E-state index in [1.54, 1.807) is 21.0 Å². The molecule has 0 fully saturated rings. The zero-order valence-corrected chi connectivity index (χ0v) is 24.1. The molecule has 1 aromatic carbocycles. The van der Waals surface area contributed by atoms with Crippen molar-refractivity contribution in [1.29, 1.82) is 0 Å². The van der Waals surface area contributed by atoms with E-state index in [-0.39, 0.29) is 33.5 Å². The van der Waals surface area contributed by atoms with Crippen molar-refractivity contribution in [3.63, 3.8) is 0 Å². The molecule has 0 unspecified atom stereocenters. The SMILES string of the molecule is CCn1c(SCC(=O)Nc2sc(C(=O)N(C)C)c(C)c2C(=O)OC)nnc1-c1ccc(C(C)(C)C)cc1. The quantitative estimate of drug-likeness (QED) is 0.320. The minimum absolute atomic E-state index is 0.0512. The van der Waals surface area contributed by atoms with Crippen LogP contribution in [0.1, 0.15) is 58.9 Å². The highest BCUT2D eigenvalue weighted by Crippen LogP contribution is 2.35. The first-order valence-corrected chi connectivity index (χ1v) is 13.6. The van der Waals surface area contributed by atoms with Gasteiger partial charge in [-0.2, -0.15) is 0 Å². The van der Waals surface area contributed by atoms with E-state index in [1.807, 2.05) is 23.6 Å². The lowest BCUT2D eigenvalue weighted by Crippen LogP contribution is -2.21. The maximum absolute atomic E-state index is 12.9. The van der Waals surface area contributed by atoms with Gasteiger partial charge in [0, 0.05) is 26.2 Å². The molecule has 37 heavy (non-hydrogen) atoms. The predicted octanol–water partition coefficient (Wildman–Crippen LogP) is 4.85. The number of amides is 2. The molecule has 9 nitrogen and oxygen atoms in total. The van der Waals surface area contributed by atoms with Gasteiger partial charge in [0.05, 0.1) is 23.3 Å². The average molecular weight is 544 g/mol. The van der Waals surface area contributed by atoms with Crippen molar-refractivity contribution in [2.75, 3.05) is 32.3 Å². The maximum atomic E-state index is 12.9. The second kappa shape index (κ2) is 11.5. The average Bonchev–Trinajstić information content (AvgIpc) is 3.41. The molecule has 3 aromatic rings. The molecule has 0 saturated carbocycles. The molecule has 1 N–H and O–H groups in total. The highest BCUT2D eigenvalue weighted by atomic mass is 32.2. The fourth-order valence-corrected chi connectivity index (χ4v) is 5.70. The van der Waals surface area contributed by atoms with Gasteiger partial charge in [-0.05, 0) is 30.4 Å². The van der Waals surface area contributed by atoms with Crippen molar-refractivity contribution < 1.29 is 19.1 Å². The molecule has 0 bridgehead atoms. The van der Waals surface area contributed by atoms with E-state index in [9.17, 15) is 14.4 Å². The Bertz CT molecular complexity index is 1300. The number of hydrogen-bond acceptors (Lipinski definition) is 8. The summed E-state index contributed by atoms with van der Waals surface area (Å²) in [5, 5.41) is 12.4. The van der Waals surface area contributed by atoms with Crippen LogP contribution in [0.2, 0.25) is 0 Å². The summed E-state index contributed by atoms with van der Waals surface area (Å²) >= 11 is 2.32. The van der Waals surface area contributed by atoms with Gasteiger partial charge in [0.2, 0.25) is 5.91 Å². The second-order valence-electron chi connectivity index (χ2n) is 9.67. The number of thioether (sulfide) groups is 1. The summed E-state index contributed by atoms with van der Waals surface area (Å²) in [5.41, 5.74) is 2.91. The third kappa shape index (κ3) is 6.22. The Morgan fingerprint density at radius 3 is 2.32 bits per heavy atom. The normalized spacial score (nSPS) is 11.4. The highest BCUT2D eigenvalue weighted by Gasteiger charge is 2.27. The fourth-order valence-electron chi connectivity index (χ4n) is 3.66. The molecule has 3 rings (SSSR count). The summed E-state index contributed by atoms with van der Waals surface area (Å²) in [7, 11) is 4.52. The monoisotopic (exact) mass is 543 g/mol. The molecular weight excluding hydrogens is 510 g/mol. The van der Waals surface area contributed by atoms with Crippen molar-refractivity contribution in [2.45, 2.75) is 51.7 Å². The van der Waals surface area contributed by atoms with Crippen LogP contribution in [0.25, 0.3) is 11.4 Å². The number of methoxy groups -OCH3 is 1. The van der Waals surface area contributed by atoms with Crippen LogP contribution in [0.4, 0.5) is 5.00 Å². The van der Waals surface area contributed by atoms with Crippen LogP contribution in [-0.2, 0) is 21.5 Å². The van der Waals surface area contributed by atoms with Crippen LogP contribution in [-0.4, -0.2) is 64.4 Å². The van der Waals surface area contributed by atoms with Crippen molar-refractivity contribution in [1.82, 2.24) is 19.7 Å². The molecule has 0 aliphatic rings. The van der Waals surface area contributed by atoms with E-state index in [0.717, 1.165) is 22.7 Å². The number of hydrogen-bond donors (Lipinski definition) is 1. The molecule has 0 atom stereocenters. The number of anilines is 1. The lowest BCUT2D eigenvalue weighted by molar-refractivity contribution is -0.113. The molecular formula is C26H33N5O4S2. The number of aromatic nitrogens is 3. The second-order valence-corrected chi connectivity index (χ2v) is 11.6. The van der Waals surface area contributed by atoms with Gasteiger partial charge in [0.25, 0.3) is 5.91 Å². The lowest BCUT2D eigenvalue weighted by Gasteiger charge is -2.19. The molecule has 0 spiro atoms. The predicted molar refractivity (Wildman–Crippen MR) is 148 cm³/mol. The topological polar surface area (TPSA) is 106 Å². The number of esters is 1. The van der Waals surface area contributed by atoms with Gasteiger partial charge in [0.1, 0.15) is 5.00 Å². The third-order valence-corrected chi connectivity index (χ3v) is 7.93. The standard InChI is InChI=1S/C26H33N5O4S2/c1-9-31-21(16-10-12-17(13-11-16)26(3,4)5)28-29-25(31)36-14-18(32)27-22-19(24(34)35-8)15(2)20(37-22)23(33)30(6)7/h10-13H,9,14H2,1-8H3,(H,27,32). The summed E-state index contributed by atoms with van der Waals surface area (Å²) in [6.45, 7) is 10.8. The van der Waals surface area contributed by atoms with Crippen molar-refractivity contribution >= 4 is 45.9 Å². The molecule has 198 valence electrons. The van der Waals surface area contributed by atoms with Gasteiger partial charge in [-0.25, -0.2) is 4.79 Å². The third-order valence-electron chi connectivity index (χ3n) is 5.76. The maximum Gasteiger partial charge on any atom is 0.341 e. The Morgan fingerprint density at radius 2 is 1.78 bits per heavy atom. The molecule has 0 radical (unpaired) electrons. The number of carbonyl (C=O) groups excluding carboxylic acids is 3. The minimum Gasteiger partial charge on any atom is -0.465 e. The zero-order chi connectivity index (χ0) is 27.5. The van der Waals surface area contributed by atoms with E-state index in [4.69, 9.17) is 4.74 Å². The first-order valence-electron chi connectivity index (χ1n) is 11.8. The van der Waals surface area contributed by atoms with E-state index < -0.39 is 5.97 Å². The first kappa shape index (κ1) is 28.4. The van der Waals surface area contributed by atoms with Gasteiger partial charge in [-0.1, -0.05) is 56.8 Å². The lowest BCUT2D eigenvalue weighted by atomic mass is 9.87. The minimum atomic E-state index is -0.609. The van der Waals surface area contributed by atoms with E-state index in [0.29, 0.717) is 22.1 Å². The van der Waals surface area contributed by atoms with Crippen molar-refractivity contribution in [3.8, 4) is 11.4 Å². The van der Waals surface area contributed by atoms with Crippen LogP contribution in [0.15, 0.2) is 29.4 Å².